The number of hydrogen-bond acceptors (Lipinski definition) is 2. The maximum Gasteiger partial charge on any atom is 0.471 e. The Morgan fingerprint density at radius 2 is 2.00 bits per heavy atom. The van der Waals surface area contributed by atoms with Crippen molar-refractivity contribution < 1.29 is 23.1 Å². The summed E-state index contributed by atoms with van der Waals surface area (Å²) < 4.78 is 35.4. The van der Waals surface area contributed by atoms with Crippen molar-refractivity contribution in [3.63, 3.8) is 0 Å². The Labute approximate surface area is 87.5 Å². The number of phenolic OH excluding ortho intramolecular Hbond substituents is 1. The van der Waals surface area contributed by atoms with Crippen LogP contribution in [0.1, 0.15) is 0 Å². The van der Waals surface area contributed by atoms with E-state index in [1.54, 1.807) is 5.32 Å². The van der Waals surface area contributed by atoms with Gasteiger partial charge in [-0.2, -0.15) is 13.2 Å². The number of hydrogen-bond donors (Lipinski definition) is 2. The molecule has 82 valence electrons. The maximum absolute atomic E-state index is 11.8. The molecule has 1 amide bonds. The molecule has 2 N–H and O–H groups in total. The molecule has 0 unspecified atom stereocenters. The van der Waals surface area contributed by atoms with Gasteiger partial charge in [-0.15, -0.1) is 0 Å². The van der Waals surface area contributed by atoms with Crippen molar-refractivity contribution >= 4 is 23.2 Å². The van der Waals surface area contributed by atoms with Crippen LogP contribution in [-0.4, -0.2) is 17.2 Å². The molecule has 15 heavy (non-hydrogen) atoms. The summed E-state index contributed by atoms with van der Waals surface area (Å²) >= 11 is 5.42. The fourth-order valence-corrected chi connectivity index (χ4v) is 0.910. The number of rotatable bonds is 1. The second-order valence-electron chi connectivity index (χ2n) is 2.62. The number of benzene rings is 1. The van der Waals surface area contributed by atoms with Gasteiger partial charge < -0.3 is 10.4 Å². The third-order valence-electron chi connectivity index (χ3n) is 1.46. The lowest BCUT2D eigenvalue weighted by Crippen LogP contribution is -2.29. The van der Waals surface area contributed by atoms with Gasteiger partial charge in [0, 0.05) is 11.8 Å². The Morgan fingerprint density at radius 3 is 2.47 bits per heavy atom. The number of alkyl halides is 3. The van der Waals surface area contributed by atoms with Crippen LogP contribution in [0.4, 0.5) is 18.9 Å². The second-order valence-corrected chi connectivity index (χ2v) is 3.03. The molecule has 0 saturated carbocycles. The first kappa shape index (κ1) is 11.6. The quantitative estimate of drug-likeness (QED) is 0.791. The van der Waals surface area contributed by atoms with E-state index < -0.39 is 17.8 Å². The third-order valence-corrected chi connectivity index (χ3v) is 1.78. The number of carbonyl (C=O) groups is 1. The van der Waals surface area contributed by atoms with E-state index in [-0.39, 0.29) is 10.7 Å². The van der Waals surface area contributed by atoms with Crippen LogP contribution in [0.15, 0.2) is 18.2 Å². The van der Waals surface area contributed by atoms with Crippen molar-refractivity contribution in [1.82, 2.24) is 0 Å². The van der Waals surface area contributed by atoms with E-state index in [2.05, 4.69) is 0 Å². The lowest BCUT2D eigenvalue weighted by Gasteiger charge is -2.08. The van der Waals surface area contributed by atoms with E-state index in [0.717, 1.165) is 12.1 Å². The molecule has 0 aromatic heterocycles. The first-order valence-corrected chi connectivity index (χ1v) is 4.05. The van der Waals surface area contributed by atoms with Crippen molar-refractivity contribution in [3.05, 3.63) is 23.2 Å². The van der Waals surface area contributed by atoms with Gasteiger partial charge >= 0.3 is 12.1 Å². The Hall–Kier alpha value is -1.43. The normalized spacial score (nSPS) is 11.2. The minimum atomic E-state index is -4.96. The molecular formula is C8H5ClF3NO2. The fraction of sp³-hybridized carbons (Fsp3) is 0.125. The fourth-order valence-electron chi connectivity index (χ4n) is 0.792. The first-order chi connectivity index (χ1) is 6.80. The van der Waals surface area contributed by atoms with Crippen LogP contribution < -0.4 is 5.32 Å². The predicted octanol–water partition coefficient (Wildman–Crippen LogP) is 2.55. The van der Waals surface area contributed by atoms with Crippen LogP contribution in [-0.2, 0) is 4.79 Å². The Balaban J connectivity index is 2.83. The smallest absolute Gasteiger partial charge is 0.471 e. The molecule has 0 saturated heterocycles. The molecular weight excluding hydrogens is 235 g/mol. The Bertz CT molecular complexity index is 392. The number of carbonyl (C=O) groups excluding carboxylic acids is 1. The number of amides is 1. The lowest BCUT2D eigenvalue weighted by atomic mass is 10.3. The number of halogens is 4. The van der Waals surface area contributed by atoms with Gasteiger partial charge in [0.05, 0.1) is 5.02 Å². The highest BCUT2D eigenvalue weighted by molar-refractivity contribution is 6.32. The zero-order chi connectivity index (χ0) is 11.6. The Morgan fingerprint density at radius 1 is 1.40 bits per heavy atom. The zero-order valence-corrected chi connectivity index (χ0v) is 7.86. The van der Waals surface area contributed by atoms with Crippen LogP contribution in [0.3, 0.4) is 0 Å². The molecule has 0 aliphatic carbocycles. The van der Waals surface area contributed by atoms with E-state index in [4.69, 9.17) is 16.7 Å². The lowest BCUT2D eigenvalue weighted by molar-refractivity contribution is -0.167. The van der Waals surface area contributed by atoms with Gasteiger partial charge in [-0.1, -0.05) is 11.6 Å². The summed E-state index contributed by atoms with van der Waals surface area (Å²) in [4.78, 5) is 10.5. The van der Waals surface area contributed by atoms with E-state index in [1.165, 1.54) is 6.07 Å². The summed E-state index contributed by atoms with van der Waals surface area (Å²) in [5.41, 5.74) is -0.181. The molecule has 0 aliphatic rings. The number of phenols is 1. The van der Waals surface area contributed by atoms with Gasteiger partial charge in [-0.3, -0.25) is 4.79 Å². The third kappa shape index (κ3) is 3.02. The van der Waals surface area contributed by atoms with E-state index in [9.17, 15) is 18.0 Å². The van der Waals surface area contributed by atoms with Gasteiger partial charge in [0.1, 0.15) is 5.75 Å². The standard InChI is InChI=1S/C8H5ClF3NO2/c9-5-2-1-4(3-6(5)14)13-7(15)8(10,11)12/h1-3,14H,(H,13,15). The highest BCUT2D eigenvalue weighted by Crippen LogP contribution is 2.27. The molecule has 7 heteroatoms. The molecule has 0 radical (unpaired) electrons. The topological polar surface area (TPSA) is 49.3 Å². The molecule has 1 aromatic rings. The number of nitrogens with one attached hydrogen (secondary N) is 1. The summed E-state index contributed by atoms with van der Waals surface area (Å²) in [6.45, 7) is 0. The summed E-state index contributed by atoms with van der Waals surface area (Å²) in [6.07, 6.45) is -4.96. The van der Waals surface area contributed by atoms with Crippen molar-refractivity contribution in [2.75, 3.05) is 5.32 Å². The van der Waals surface area contributed by atoms with Crippen LogP contribution in [0.25, 0.3) is 0 Å². The highest BCUT2D eigenvalue weighted by atomic mass is 35.5. The van der Waals surface area contributed by atoms with Crippen molar-refractivity contribution in [1.29, 1.82) is 0 Å². The summed E-state index contributed by atoms with van der Waals surface area (Å²) in [6, 6.07) is 3.24. The molecule has 0 aliphatic heterocycles. The molecule has 0 heterocycles. The minimum absolute atomic E-state index is 0.0139. The Kier molecular flexibility index (Phi) is 3.09. The van der Waals surface area contributed by atoms with Gasteiger partial charge in [0.25, 0.3) is 0 Å². The predicted molar refractivity (Wildman–Crippen MR) is 47.8 cm³/mol. The van der Waals surface area contributed by atoms with Crippen LogP contribution in [0.2, 0.25) is 5.02 Å². The summed E-state index contributed by atoms with van der Waals surface area (Å²) in [5, 5.41) is 10.6. The molecule has 1 rings (SSSR count). The molecule has 0 atom stereocenters. The number of aromatic hydroxyl groups is 1. The number of anilines is 1. The summed E-state index contributed by atoms with van der Waals surface area (Å²) in [5.74, 6) is -2.51. The first-order valence-electron chi connectivity index (χ1n) is 3.67. The minimum Gasteiger partial charge on any atom is -0.506 e. The van der Waals surface area contributed by atoms with Crippen molar-refractivity contribution in [2.45, 2.75) is 6.18 Å². The van der Waals surface area contributed by atoms with Crippen LogP contribution in [0.5, 0.6) is 5.75 Å². The average Bonchev–Trinajstić information content (AvgIpc) is 2.10. The van der Waals surface area contributed by atoms with Crippen molar-refractivity contribution in [3.8, 4) is 5.75 Å². The molecule has 3 nitrogen and oxygen atoms in total. The highest BCUT2D eigenvalue weighted by Gasteiger charge is 2.38. The SMILES string of the molecule is O=C(Nc1ccc(Cl)c(O)c1)C(F)(F)F. The van der Waals surface area contributed by atoms with Gasteiger partial charge in [-0.05, 0) is 12.1 Å². The summed E-state index contributed by atoms with van der Waals surface area (Å²) in [7, 11) is 0. The van der Waals surface area contributed by atoms with Gasteiger partial charge in [0.2, 0.25) is 0 Å². The van der Waals surface area contributed by atoms with Crippen LogP contribution in [0, 0.1) is 0 Å². The van der Waals surface area contributed by atoms with E-state index >= 15 is 0 Å². The molecule has 1 aromatic carbocycles. The van der Waals surface area contributed by atoms with E-state index in [1.807, 2.05) is 0 Å². The van der Waals surface area contributed by atoms with Crippen LogP contribution >= 0.6 is 11.6 Å². The zero-order valence-electron chi connectivity index (χ0n) is 7.10. The monoisotopic (exact) mass is 239 g/mol. The molecule has 0 bridgehead atoms. The largest absolute Gasteiger partial charge is 0.506 e. The second kappa shape index (κ2) is 3.98. The average molecular weight is 240 g/mol. The van der Waals surface area contributed by atoms with Gasteiger partial charge in [0.15, 0.2) is 0 Å². The van der Waals surface area contributed by atoms with E-state index in [0.29, 0.717) is 0 Å². The molecule has 0 fully saturated rings. The van der Waals surface area contributed by atoms with Crippen molar-refractivity contribution in [2.24, 2.45) is 0 Å². The molecule has 0 spiro atoms. The maximum atomic E-state index is 11.8. The van der Waals surface area contributed by atoms with Gasteiger partial charge in [-0.25, -0.2) is 0 Å².